The van der Waals surface area contributed by atoms with Gasteiger partial charge < -0.3 is 4.90 Å². The summed E-state index contributed by atoms with van der Waals surface area (Å²) in [5.74, 6) is -0.190. The number of alkyl halides is 2. The molecule has 0 unspecified atom stereocenters. The Morgan fingerprint density at radius 2 is 2.08 bits per heavy atom. The highest BCUT2D eigenvalue weighted by molar-refractivity contribution is 6.32. The van der Waals surface area contributed by atoms with E-state index in [9.17, 15) is 13.6 Å². The molecule has 1 fully saturated rings. The predicted octanol–water partition coefficient (Wildman–Crippen LogP) is 3.88. The SMILES string of the molecule is CCn1cc(Cl)c(CN(C)C(=O)Cn2nc(C(F)F)c(Cl)c2C2CC2)n1. The largest absolute Gasteiger partial charge is 0.338 e. The van der Waals surface area contributed by atoms with Crippen molar-refractivity contribution in [1.29, 1.82) is 0 Å². The number of halogens is 4. The summed E-state index contributed by atoms with van der Waals surface area (Å²) in [6.07, 6.45) is 0.651. The van der Waals surface area contributed by atoms with E-state index in [2.05, 4.69) is 10.2 Å². The molecule has 1 aliphatic carbocycles. The summed E-state index contributed by atoms with van der Waals surface area (Å²) in [6, 6.07) is 0. The summed E-state index contributed by atoms with van der Waals surface area (Å²) < 4.78 is 29.2. The van der Waals surface area contributed by atoms with Crippen LogP contribution in [0.15, 0.2) is 6.20 Å². The van der Waals surface area contributed by atoms with Crippen LogP contribution in [0, 0.1) is 0 Å². The van der Waals surface area contributed by atoms with Gasteiger partial charge in [-0.3, -0.25) is 14.2 Å². The maximum absolute atomic E-state index is 13.1. The Hall–Kier alpha value is -1.67. The fourth-order valence-corrected chi connectivity index (χ4v) is 3.33. The van der Waals surface area contributed by atoms with Crippen LogP contribution in [-0.4, -0.2) is 37.4 Å². The number of hydrogen-bond donors (Lipinski definition) is 0. The van der Waals surface area contributed by atoms with E-state index < -0.39 is 12.1 Å². The fraction of sp³-hybridized carbons (Fsp3) is 0.562. The van der Waals surface area contributed by atoms with Crippen molar-refractivity contribution >= 4 is 29.1 Å². The van der Waals surface area contributed by atoms with Crippen molar-refractivity contribution in [3.05, 3.63) is 33.3 Å². The lowest BCUT2D eigenvalue weighted by molar-refractivity contribution is -0.131. The maximum Gasteiger partial charge on any atom is 0.283 e. The number of likely N-dealkylation sites (N-methyl/N-ethyl adjacent to an activating group) is 1. The van der Waals surface area contributed by atoms with Gasteiger partial charge in [-0.05, 0) is 19.8 Å². The molecule has 0 spiro atoms. The Morgan fingerprint density at radius 3 is 2.62 bits per heavy atom. The molecule has 26 heavy (non-hydrogen) atoms. The monoisotopic (exact) mass is 405 g/mol. The van der Waals surface area contributed by atoms with Crippen LogP contribution in [0.3, 0.4) is 0 Å². The first-order chi connectivity index (χ1) is 12.3. The summed E-state index contributed by atoms with van der Waals surface area (Å²) >= 11 is 12.2. The zero-order valence-corrected chi connectivity index (χ0v) is 15.9. The van der Waals surface area contributed by atoms with Gasteiger partial charge in [-0.15, -0.1) is 0 Å². The van der Waals surface area contributed by atoms with Crippen LogP contribution >= 0.6 is 23.2 Å². The van der Waals surface area contributed by atoms with E-state index >= 15 is 0 Å². The third-order valence-electron chi connectivity index (χ3n) is 4.34. The van der Waals surface area contributed by atoms with Crippen molar-refractivity contribution in [3.8, 4) is 0 Å². The third kappa shape index (κ3) is 3.86. The van der Waals surface area contributed by atoms with Crippen molar-refractivity contribution in [3.63, 3.8) is 0 Å². The number of carbonyl (C=O) groups excluding carboxylic acids is 1. The average Bonchev–Trinajstić information content (AvgIpc) is 3.28. The number of nitrogens with zero attached hydrogens (tertiary/aromatic N) is 5. The van der Waals surface area contributed by atoms with Gasteiger partial charge in [0.15, 0.2) is 0 Å². The second-order valence-corrected chi connectivity index (χ2v) is 7.13. The molecule has 1 aliphatic rings. The molecule has 2 heterocycles. The van der Waals surface area contributed by atoms with Gasteiger partial charge in [0.1, 0.15) is 17.9 Å². The standard InChI is InChI=1S/C16H19Cl2F2N5O/c1-3-24-6-10(17)11(21-24)7-23(2)12(26)8-25-15(9-4-5-9)13(18)14(22-25)16(19)20/h6,9,16H,3-5,7-8H2,1-2H3. The zero-order valence-electron chi connectivity index (χ0n) is 14.4. The topological polar surface area (TPSA) is 56.0 Å². The highest BCUT2D eigenvalue weighted by atomic mass is 35.5. The summed E-state index contributed by atoms with van der Waals surface area (Å²) in [5.41, 5.74) is 0.643. The lowest BCUT2D eigenvalue weighted by Crippen LogP contribution is -2.31. The lowest BCUT2D eigenvalue weighted by atomic mass is 10.2. The van der Waals surface area contributed by atoms with Crippen LogP contribution in [0.2, 0.25) is 10.0 Å². The van der Waals surface area contributed by atoms with Crippen LogP contribution in [0.4, 0.5) is 8.78 Å². The molecule has 0 N–H and O–H groups in total. The zero-order chi connectivity index (χ0) is 19.0. The van der Waals surface area contributed by atoms with Crippen LogP contribution in [0.25, 0.3) is 0 Å². The van der Waals surface area contributed by atoms with E-state index in [1.54, 1.807) is 17.9 Å². The molecule has 0 atom stereocenters. The minimum absolute atomic E-state index is 0.0253. The Balaban J connectivity index is 1.75. The summed E-state index contributed by atoms with van der Waals surface area (Å²) in [4.78, 5) is 14.0. The molecule has 3 rings (SSSR count). The molecule has 2 aromatic rings. The number of carbonyl (C=O) groups is 1. The van der Waals surface area contributed by atoms with Crippen molar-refractivity contribution in [1.82, 2.24) is 24.5 Å². The minimum atomic E-state index is -2.77. The Kier molecular flexibility index (Phi) is 5.53. The smallest absolute Gasteiger partial charge is 0.283 e. The third-order valence-corrected chi connectivity index (χ3v) is 5.04. The number of rotatable bonds is 7. The highest BCUT2D eigenvalue weighted by Gasteiger charge is 2.34. The summed E-state index contributed by atoms with van der Waals surface area (Å²) in [6.45, 7) is 2.68. The van der Waals surface area contributed by atoms with Gasteiger partial charge in [0.05, 0.1) is 22.3 Å². The molecular weight excluding hydrogens is 387 g/mol. The van der Waals surface area contributed by atoms with E-state index in [4.69, 9.17) is 23.2 Å². The molecule has 0 aliphatic heterocycles. The van der Waals surface area contributed by atoms with Gasteiger partial charge in [0.2, 0.25) is 5.91 Å². The number of hydrogen-bond acceptors (Lipinski definition) is 3. The normalized spacial score (nSPS) is 14.3. The molecule has 1 amide bonds. The Bertz CT molecular complexity index is 816. The first-order valence-corrected chi connectivity index (χ1v) is 9.07. The molecule has 0 bridgehead atoms. The van der Waals surface area contributed by atoms with E-state index in [1.807, 2.05) is 6.92 Å². The van der Waals surface area contributed by atoms with Gasteiger partial charge in [0.25, 0.3) is 6.43 Å². The first kappa shape index (κ1) is 19.1. The second kappa shape index (κ2) is 7.52. The van der Waals surface area contributed by atoms with Gasteiger partial charge in [-0.2, -0.15) is 10.2 Å². The molecule has 0 aromatic carbocycles. The van der Waals surface area contributed by atoms with E-state index in [1.165, 1.54) is 9.58 Å². The van der Waals surface area contributed by atoms with Crippen LogP contribution in [0.1, 0.15) is 49.2 Å². The van der Waals surface area contributed by atoms with E-state index in [-0.39, 0.29) is 29.9 Å². The Labute approximate surface area is 159 Å². The molecule has 1 saturated carbocycles. The molecular formula is C16H19Cl2F2N5O. The van der Waals surface area contributed by atoms with Crippen molar-refractivity contribution < 1.29 is 13.6 Å². The van der Waals surface area contributed by atoms with E-state index in [0.717, 1.165) is 12.8 Å². The first-order valence-electron chi connectivity index (χ1n) is 8.31. The van der Waals surface area contributed by atoms with Crippen LogP contribution < -0.4 is 0 Å². The quantitative estimate of drug-likeness (QED) is 0.702. The number of aromatic nitrogens is 4. The van der Waals surface area contributed by atoms with E-state index in [0.29, 0.717) is 23.0 Å². The van der Waals surface area contributed by atoms with Crippen LogP contribution in [-0.2, 0) is 24.4 Å². The highest BCUT2D eigenvalue weighted by Crippen LogP contribution is 2.45. The molecule has 142 valence electrons. The number of amides is 1. The minimum Gasteiger partial charge on any atom is -0.338 e. The average molecular weight is 406 g/mol. The predicted molar refractivity (Wildman–Crippen MR) is 93.6 cm³/mol. The summed E-state index contributed by atoms with van der Waals surface area (Å²) in [5, 5.41) is 8.63. The van der Waals surface area contributed by atoms with Crippen molar-refractivity contribution in [2.75, 3.05) is 7.05 Å². The van der Waals surface area contributed by atoms with Crippen molar-refractivity contribution in [2.24, 2.45) is 0 Å². The van der Waals surface area contributed by atoms with Crippen molar-refractivity contribution in [2.45, 2.75) is 51.7 Å². The molecule has 0 radical (unpaired) electrons. The molecule has 10 heteroatoms. The summed E-state index contributed by atoms with van der Waals surface area (Å²) in [7, 11) is 1.61. The second-order valence-electron chi connectivity index (χ2n) is 6.35. The van der Waals surface area contributed by atoms with Crippen LogP contribution in [0.5, 0.6) is 0 Å². The van der Waals surface area contributed by atoms with Gasteiger partial charge in [-0.25, -0.2) is 8.78 Å². The molecule has 0 saturated heterocycles. The fourth-order valence-electron chi connectivity index (χ4n) is 2.75. The van der Waals surface area contributed by atoms with Gasteiger partial charge in [-0.1, -0.05) is 23.2 Å². The van der Waals surface area contributed by atoms with Gasteiger partial charge >= 0.3 is 0 Å². The number of aryl methyl sites for hydroxylation is 1. The maximum atomic E-state index is 13.1. The lowest BCUT2D eigenvalue weighted by Gasteiger charge is -2.17. The molecule has 6 nitrogen and oxygen atoms in total. The molecule has 2 aromatic heterocycles. The van der Waals surface area contributed by atoms with Gasteiger partial charge in [0, 0.05) is 25.7 Å². The Morgan fingerprint density at radius 1 is 1.38 bits per heavy atom.